The highest BCUT2D eigenvalue weighted by atomic mass is 16.7. The summed E-state index contributed by atoms with van der Waals surface area (Å²) in [6, 6.07) is 13.8. The molecule has 0 amide bonds. The van der Waals surface area contributed by atoms with E-state index in [0.29, 0.717) is 18.4 Å². The van der Waals surface area contributed by atoms with Crippen molar-refractivity contribution in [2.24, 2.45) is 16.7 Å². The number of nitrogens with zero attached hydrogens (tertiary/aromatic N) is 3. The van der Waals surface area contributed by atoms with Crippen LogP contribution in [0, 0.1) is 63.1 Å². The first-order valence-corrected chi connectivity index (χ1v) is 9.26. The summed E-state index contributed by atoms with van der Waals surface area (Å²) in [6.07, 6.45) is 2.89. The number of hydrogen-bond donors (Lipinski definition) is 1. The number of nitriles is 3. The van der Waals surface area contributed by atoms with Crippen LogP contribution in [0.3, 0.4) is 0 Å². The summed E-state index contributed by atoms with van der Waals surface area (Å²) < 4.78 is 12.3. The fourth-order valence-corrected chi connectivity index (χ4v) is 5.08. The standard InChI is InChI=1S/C21H20N4O2/c1-14-6-8-15(9-7-14)17-19(11-22,12-23)20(13-24)16-5-3-2-4-10-21(16,26-17)27-18(20)25/h6-9,16-17,25H,2-5,10H2,1H3/t16-,17-,20+,21-/m1/s1. The van der Waals surface area contributed by atoms with Crippen LogP contribution in [0.2, 0.25) is 0 Å². The second-order valence-corrected chi connectivity index (χ2v) is 7.75. The molecule has 4 atom stereocenters. The largest absolute Gasteiger partial charge is 0.447 e. The highest BCUT2D eigenvalue weighted by molar-refractivity contribution is 5.89. The van der Waals surface area contributed by atoms with Gasteiger partial charge in [-0.1, -0.05) is 42.7 Å². The molecule has 2 bridgehead atoms. The van der Waals surface area contributed by atoms with Gasteiger partial charge in [-0.15, -0.1) is 0 Å². The van der Waals surface area contributed by atoms with Gasteiger partial charge in [0.2, 0.25) is 17.1 Å². The van der Waals surface area contributed by atoms with Crippen molar-refractivity contribution in [2.45, 2.75) is 50.9 Å². The highest BCUT2D eigenvalue weighted by Gasteiger charge is 2.80. The molecule has 1 N–H and O–H groups in total. The normalized spacial score (nSPS) is 36.3. The lowest BCUT2D eigenvalue weighted by molar-refractivity contribution is -0.284. The van der Waals surface area contributed by atoms with E-state index in [2.05, 4.69) is 18.2 Å². The summed E-state index contributed by atoms with van der Waals surface area (Å²) in [5.41, 5.74) is -1.78. The van der Waals surface area contributed by atoms with Crippen LogP contribution in [0.1, 0.15) is 49.3 Å². The van der Waals surface area contributed by atoms with Crippen LogP contribution in [-0.4, -0.2) is 11.7 Å². The van der Waals surface area contributed by atoms with Crippen molar-refractivity contribution in [1.82, 2.24) is 0 Å². The zero-order valence-electron chi connectivity index (χ0n) is 15.2. The topological polar surface area (TPSA) is 114 Å². The molecule has 27 heavy (non-hydrogen) atoms. The smallest absolute Gasteiger partial charge is 0.217 e. The van der Waals surface area contributed by atoms with Crippen molar-refractivity contribution in [3.63, 3.8) is 0 Å². The van der Waals surface area contributed by atoms with Crippen LogP contribution >= 0.6 is 0 Å². The van der Waals surface area contributed by atoms with Gasteiger partial charge < -0.3 is 9.47 Å². The molecule has 2 heterocycles. The maximum absolute atomic E-state index is 10.2. The van der Waals surface area contributed by atoms with Crippen molar-refractivity contribution in [2.75, 3.05) is 0 Å². The molecule has 3 aliphatic rings. The van der Waals surface area contributed by atoms with Crippen LogP contribution < -0.4 is 0 Å². The van der Waals surface area contributed by atoms with E-state index in [9.17, 15) is 15.8 Å². The third-order valence-corrected chi connectivity index (χ3v) is 6.45. The zero-order valence-corrected chi connectivity index (χ0v) is 15.2. The molecule has 1 saturated carbocycles. The van der Waals surface area contributed by atoms with Crippen molar-refractivity contribution >= 4 is 5.90 Å². The number of rotatable bonds is 1. The number of nitrogens with one attached hydrogen (secondary N) is 1. The van der Waals surface area contributed by atoms with Crippen molar-refractivity contribution in [3.05, 3.63) is 35.4 Å². The Morgan fingerprint density at radius 2 is 1.74 bits per heavy atom. The highest BCUT2D eigenvalue weighted by Crippen LogP contribution is 2.68. The first-order valence-electron chi connectivity index (χ1n) is 9.26. The predicted molar refractivity (Wildman–Crippen MR) is 94.8 cm³/mol. The van der Waals surface area contributed by atoms with Crippen LogP contribution in [-0.2, 0) is 9.47 Å². The molecular weight excluding hydrogens is 340 g/mol. The average molecular weight is 360 g/mol. The summed E-state index contributed by atoms with van der Waals surface area (Å²) in [5, 5.41) is 39.1. The summed E-state index contributed by atoms with van der Waals surface area (Å²) in [4.78, 5) is 0. The third kappa shape index (κ3) is 1.98. The lowest BCUT2D eigenvalue weighted by atomic mass is 9.52. The summed E-state index contributed by atoms with van der Waals surface area (Å²) in [6.45, 7) is 1.95. The summed E-state index contributed by atoms with van der Waals surface area (Å²) >= 11 is 0. The van der Waals surface area contributed by atoms with Gasteiger partial charge >= 0.3 is 0 Å². The van der Waals surface area contributed by atoms with E-state index < -0.39 is 28.6 Å². The van der Waals surface area contributed by atoms with E-state index in [1.54, 1.807) is 0 Å². The quantitative estimate of drug-likeness (QED) is 0.816. The maximum atomic E-state index is 10.2. The van der Waals surface area contributed by atoms with E-state index in [4.69, 9.17) is 14.9 Å². The monoisotopic (exact) mass is 360 g/mol. The van der Waals surface area contributed by atoms with E-state index >= 15 is 0 Å². The predicted octanol–water partition coefficient (Wildman–Crippen LogP) is 3.89. The first-order chi connectivity index (χ1) is 13.0. The SMILES string of the molecule is Cc1ccc([C@H]2O[C@@]34CCCCC[C@@H]3[C@@](C#N)(C(=N)O4)C2(C#N)C#N)cc1. The Morgan fingerprint density at radius 3 is 2.37 bits per heavy atom. The fourth-order valence-electron chi connectivity index (χ4n) is 5.08. The lowest BCUT2D eigenvalue weighted by Gasteiger charge is -2.49. The zero-order chi connectivity index (χ0) is 19.3. The second-order valence-electron chi connectivity index (χ2n) is 7.75. The Hall–Kier alpha value is -2.88. The van der Waals surface area contributed by atoms with Gasteiger partial charge in [0.25, 0.3) is 0 Å². The lowest BCUT2D eigenvalue weighted by Crippen LogP contribution is -2.59. The Labute approximate surface area is 158 Å². The van der Waals surface area contributed by atoms with Gasteiger partial charge in [0.15, 0.2) is 5.41 Å². The molecule has 2 aliphatic heterocycles. The van der Waals surface area contributed by atoms with E-state index in [-0.39, 0.29) is 5.90 Å². The van der Waals surface area contributed by atoms with Gasteiger partial charge in [-0.25, -0.2) is 0 Å². The fraction of sp³-hybridized carbons (Fsp3) is 0.524. The van der Waals surface area contributed by atoms with Crippen LogP contribution in [0.15, 0.2) is 24.3 Å². The molecule has 0 radical (unpaired) electrons. The molecule has 4 rings (SSSR count). The molecule has 6 heteroatoms. The van der Waals surface area contributed by atoms with Gasteiger partial charge in [-0.2, -0.15) is 15.8 Å². The summed E-state index contributed by atoms with van der Waals surface area (Å²) in [5.74, 6) is -1.91. The third-order valence-electron chi connectivity index (χ3n) is 6.45. The molecule has 1 aliphatic carbocycles. The number of ether oxygens (including phenoxy) is 2. The minimum Gasteiger partial charge on any atom is -0.447 e. The number of aryl methyl sites for hydroxylation is 1. The Bertz CT molecular complexity index is 905. The van der Waals surface area contributed by atoms with Gasteiger partial charge in [0.1, 0.15) is 6.10 Å². The minimum atomic E-state index is -1.84. The first kappa shape index (κ1) is 17.5. The van der Waals surface area contributed by atoms with Gasteiger partial charge in [-0.05, 0) is 25.3 Å². The maximum Gasteiger partial charge on any atom is 0.217 e. The number of benzene rings is 1. The molecular formula is C21H20N4O2. The molecule has 3 fully saturated rings. The molecule has 1 aromatic carbocycles. The van der Waals surface area contributed by atoms with Crippen molar-refractivity contribution in [1.29, 1.82) is 21.2 Å². The van der Waals surface area contributed by atoms with Gasteiger partial charge in [0.05, 0.1) is 24.1 Å². The van der Waals surface area contributed by atoms with Gasteiger partial charge in [0, 0.05) is 6.42 Å². The molecule has 0 aromatic heterocycles. The molecule has 2 saturated heterocycles. The average Bonchev–Trinajstić information content (AvgIpc) is 2.81. The van der Waals surface area contributed by atoms with Crippen molar-refractivity contribution < 1.29 is 9.47 Å². The van der Waals surface area contributed by atoms with Crippen LogP contribution in [0.5, 0.6) is 0 Å². The molecule has 0 unspecified atom stereocenters. The Balaban J connectivity index is 1.99. The van der Waals surface area contributed by atoms with E-state index in [1.165, 1.54) is 0 Å². The molecule has 1 aromatic rings. The Kier molecular flexibility index (Phi) is 3.77. The summed E-state index contributed by atoms with van der Waals surface area (Å²) in [7, 11) is 0. The molecule has 136 valence electrons. The van der Waals surface area contributed by atoms with E-state index in [1.807, 2.05) is 31.2 Å². The van der Waals surface area contributed by atoms with Crippen molar-refractivity contribution in [3.8, 4) is 18.2 Å². The van der Waals surface area contributed by atoms with Crippen LogP contribution in [0.4, 0.5) is 0 Å². The van der Waals surface area contributed by atoms with Gasteiger partial charge in [-0.3, -0.25) is 5.41 Å². The molecule has 0 spiro atoms. The number of hydrogen-bond acceptors (Lipinski definition) is 6. The molecule has 6 nitrogen and oxygen atoms in total. The van der Waals surface area contributed by atoms with E-state index in [0.717, 1.165) is 24.8 Å². The second kappa shape index (κ2) is 5.81. The minimum absolute atomic E-state index is 0.297. The Morgan fingerprint density at radius 1 is 1.04 bits per heavy atom. The van der Waals surface area contributed by atoms with Crippen LogP contribution in [0.25, 0.3) is 0 Å².